The zero-order valence-electron chi connectivity index (χ0n) is 18.6. The van der Waals surface area contributed by atoms with Gasteiger partial charge in [-0.2, -0.15) is 0 Å². The molecule has 0 saturated carbocycles. The number of amides is 2. The van der Waals surface area contributed by atoms with Gasteiger partial charge in [-0.1, -0.05) is 6.07 Å². The van der Waals surface area contributed by atoms with Crippen molar-refractivity contribution in [1.82, 2.24) is 9.80 Å². The van der Waals surface area contributed by atoms with Crippen LogP contribution in [0.5, 0.6) is 17.2 Å². The molecule has 0 N–H and O–H groups in total. The molecular weight excluding hydrogens is 396 g/mol. The molecule has 0 aliphatic carbocycles. The summed E-state index contributed by atoms with van der Waals surface area (Å²) in [5, 5.41) is 0. The number of ether oxygens (including phenoxy) is 3. The lowest BCUT2D eigenvalue weighted by Crippen LogP contribution is -2.39. The normalized spacial score (nSPS) is 14.1. The molecule has 1 saturated heterocycles. The Morgan fingerprint density at radius 3 is 2.26 bits per heavy atom. The highest BCUT2D eigenvalue weighted by atomic mass is 16.5. The molecule has 0 unspecified atom stereocenters. The molecule has 7 heteroatoms. The molecule has 1 aliphatic rings. The van der Waals surface area contributed by atoms with Gasteiger partial charge in [0.25, 0.3) is 11.8 Å². The van der Waals surface area contributed by atoms with Gasteiger partial charge in [-0.15, -0.1) is 0 Å². The van der Waals surface area contributed by atoms with Crippen LogP contribution in [0, 0.1) is 13.8 Å². The highest BCUT2D eigenvalue weighted by molar-refractivity contribution is 5.95. The molecule has 0 bridgehead atoms. The van der Waals surface area contributed by atoms with E-state index in [0.717, 1.165) is 5.56 Å². The van der Waals surface area contributed by atoms with Gasteiger partial charge in [0.2, 0.25) is 0 Å². The van der Waals surface area contributed by atoms with Crippen LogP contribution in [0.3, 0.4) is 0 Å². The second-order valence-electron chi connectivity index (χ2n) is 7.63. The molecule has 1 heterocycles. The van der Waals surface area contributed by atoms with Crippen LogP contribution in [0.1, 0.15) is 27.9 Å². The van der Waals surface area contributed by atoms with Gasteiger partial charge in [-0.05, 0) is 61.7 Å². The molecule has 0 atom stereocenters. The first-order valence-corrected chi connectivity index (χ1v) is 10.4. The van der Waals surface area contributed by atoms with Crippen molar-refractivity contribution in [3.8, 4) is 17.2 Å². The molecule has 2 aromatic rings. The zero-order valence-corrected chi connectivity index (χ0v) is 18.6. The number of hydrogen-bond acceptors (Lipinski definition) is 5. The smallest absolute Gasteiger partial charge is 0.260 e. The lowest BCUT2D eigenvalue weighted by Gasteiger charge is -2.22. The maximum atomic E-state index is 13.0. The molecule has 7 nitrogen and oxygen atoms in total. The number of carbonyl (C=O) groups excluding carboxylic acids is 2. The summed E-state index contributed by atoms with van der Waals surface area (Å²) in [6, 6.07) is 10.9. The second kappa shape index (κ2) is 10.2. The SMILES string of the molecule is COc1ccc(C(=O)N2CCCN(C(=O)COc3ccc(C)c(C)c3)CC2)cc1OC. The van der Waals surface area contributed by atoms with Crippen LogP contribution in [-0.4, -0.2) is 68.6 Å². The average molecular weight is 427 g/mol. The third-order valence-electron chi connectivity index (χ3n) is 5.61. The first-order chi connectivity index (χ1) is 14.9. The van der Waals surface area contributed by atoms with Gasteiger partial charge in [0.15, 0.2) is 18.1 Å². The Kier molecular flexibility index (Phi) is 7.39. The maximum absolute atomic E-state index is 13.0. The lowest BCUT2D eigenvalue weighted by atomic mass is 10.1. The van der Waals surface area contributed by atoms with Crippen LogP contribution in [-0.2, 0) is 4.79 Å². The van der Waals surface area contributed by atoms with Gasteiger partial charge in [0.1, 0.15) is 5.75 Å². The van der Waals surface area contributed by atoms with Crippen LogP contribution < -0.4 is 14.2 Å². The number of methoxy groups -OCH3 is 2. The van der Waals surface area contributed by atoms with E-state index in [1.807, 2.05) is 32.0 Å². The van der Waals surface area contributed by atoms with E-state index in [0.29, 0.717) is 55.4 Å². The van der Waals surface area contributed by atoms with Crippen molar-refractivity contribution in [3.05, 3.63) is 53.1 Å². The fourth-order valence-electron chi connectivity index (χ4n) is 3.56. The summed E-state index contributed by atoms with van der Waals surface area (Å²) in [7, 11) is 3.10. The van der Waals surface area contributed by atoms with E-state index in [4.69, 9.17) is 14.2 Å². The third-order valence-corrected chi connectivity index (χ3v) is 5.61. The Bertz CT molecular complexity index is 944. The van der Waals surface area contributed by atoms with Crippen molar-refractivity contribution in [2.24, 2.45) is 0 Å². The van der Waals surface area contributed by atoms with Gasteiger partial charge >= 0.3 is 0 Å². The molecular formula is C24H30N2O5. The van der Waals surface area contributed by atoms with E-state index in [9.17, 15) is 9.59 Å². The number of aryl methyl sites for hydroxylation is 2. The van der Waals surface area contributed by atoms with E-state index in [-0.39, 0.29) is 18.4 Å². The van der Waals surface area contributed by atoms with E-state index in [1.54, 1.807) is 42.2 Å². The molecule has 166 valence electrons. The van der Waals surface area contributed by atoms with Crippen molar-refractivity contribution in [3.63, 3.8) is 0 Å². The molecule has 31 heavy (non-hydrogen) atoms. The van der Waals surface area contributed by atoms with Gasteiger partial charge in [0.05, 0.1) is 14.2 Å². The molecule has 2 aromatic carbocycles. The Morgan fingerprint density at radius 1 is 0.839 bits per heavy atom. The molecule has 1 aliphatic heterocycles. The van der Waals surface area contributed by atoms with Crippen LogP contribution in [0.25, 0.3) is 0 Å². The summed E-state index contributed by atoms with van der Waals surface area (Å²) >= 11 is 0. The second-order valence-corrected chi connectivity index (χ2v) is 7.63. The minimum absolute atomic E-state index is 0.00781. The highest BCUT2D eigenvalue weighted by Gasteiger charge is 2.24. The minimum Gasteiger partial charge on any atom is -0.493 e. The average Bonchev–Trinajstić information content (AvgIpc) is 3.05. The first-order valence-electron chi connectivity index (χ1n) is 10.4. The number of benzene rings is 2. The minimum atomic E-state index is -0.0818. The summed E-state index contributed by atoms with van der Waals surface area (Å²) in [5.41, 5.74) is 2.85. The molecule has 3 rings (SSSR count). The van der Waals surface area contributed by atoms with Crippen molar-refractivity contribution in [2.45, 2.75) is 20.3 Å². The van der Waals surface area contributed by atoms with Crippen LogP contribution in [0.15, 0.2) is 36.4 Å². The van der Waals surface area contributed by atoms with Crippen molar-refractivity contribution < 1.29 is 23.8 Å². The Hall–Kier alpha value is -3.22. The van der Waals surface area contributed by atoms with Gasteiger partial charge in [-0.3, -0.25) is 9.59 Å². The molecule has 2 amide bonds. The molecule has 0 radical (unpaired) electrons. The maximum Gasteiger partial charge on any atom is 0.260 e. The standard InChI is InChI=1S/C24H30N2O5/c1-17-6-8-20(14-18(17)2)31-16-23(27)25-10-5-11-26(13-12-25)24(28)19-7-9-21(29-3)22(15-19)30-4/h6-9,14-15H,5,10-13,16H2,1-4H3. The third kappa shape index (κ3) is 5.48. The van der Waals surface area contributed by atoms with Crippen LogP contribution in [0.4, 0.5) is 0 Å². The Morgan fingerprint density at radius 2 is 1.55 bits per heavy atom. The number of nitrogens with zero attached hydrogens (tertiary/aromatic N) is 2. The Labute approximate surface area is 183 Å². The summed E-state index contributed by atoms with van der Waals surface area (Å²) in [6.07, 6.45) is 0.717. The van der Waals surface area contributed by atoms with E-state index in [2.05, 4.69) is 0 Å². The van der Waals surface area contributed by atoms with Gasteiger partial charge < -0.3 is 24.0 Å². The van der Waals surface area contributed by atoms with Crippen molar-refractivity contribution >= 4 is 11.8 Å². The first kappa shape index (κ1) is 22.5. The fraction of sp³-hybridized carbons (Fsp3) is 0.417. The van der Waals surface area contributed by atoms with Crippen LogP contribution in [0.2, 0.25) is 0 Å². The van der Waals surface area contributed by atoms with Crippen molar-refractivity contribution in [2.75, 3.05) is 47.0 Å². The quantitative estimate of drug-likeness (QED) is 0.710. The number of hydrogen-bond donors (Lipinski definition) is 0. The predicted molar refractivity (Wildman–Crippen MR) is 118 cm³/mol. The largest absolute Gasteiger partial charge is 0.493 e. The zero-order chi connectivity index (χ0) is 22.4. The van der Waals surface area contributed by atoms with E-state index in [1.165, 1.54) is 5.56 Å². The topological polar surface area (TPSA) is 68.3 Å². The molecule has 0 spiro atoms. The monoisotopic (exact) mass is 426 g/mol. The van der Waals surface area contributed by atoms with Crippen molar-refractivity contribution in [1.29, 1.82) is 0 Å². The Balaban J connectivity index is 1.57. The van der Waals surface area contributed by atoms with Gasteiger partial charge in [-0.25, -0.2) is 0 Å². The lowest BCUT2D eigenvalue weighted by molar-refractivity contribution is -0.133. The van der Waals surface area contributed by atoms with Gasteiger partial charge in [0, 0.05) is 31.7 Å². The number of rotatable bonds is 6. The summed E-state index contributed by atoms with van der Waals surface area (Å²) in [5.74, 6) is 1.63. The summed E-state index contributed by atoms with van der Waals surface area (Å²) in [6.45, 7) is 6.20. The predicted octanol–water partition coefficient (Wildman–Crippen LogP) is 3.07. The summed E-state index contributed by atoms with van der Waals surface area (Å²) < 4.78 is 16.2. The summed E-state index contributed by atoms with van der Waals surface area (Å²) in [4.78, 5) is 29.2. The molecule has 1 fully saturated rings. The molecule has 0 aromatic heterocycles. The fourth-order valence-corrected chi connectivity index (χ4v) is 3.56. The van der Waals surface area contributed by atoms with Crippen LogP contribution >= 0.6 is 0 Å². The van der Waals surface area contributed by atoms with E-state index >= 15 is 0 Å². The highest BCUT2D eigenvalue weighted by Crippen LogP contribution is 2.28. The number of carbonyl (C=O) groups is 2. The van der Waals surface area contributed by atoms with E-state index < -0.39 is 0 Å².